The van der Waals surface area contributed by atoms with Gasteiger partial charge in [0.1, 0.15) is 6.29 Å². The molecule has 1 atom stereocenters. The molecule has 0 aliphatic carbocycles. The number of benzene rings is 1. The molecular formula is C19H30N4O3. The van der Waals surface area contributed by atoms with Crippen LogP contribution < -0.4 is 22.1 Å². The Morgan fingerprint density at radius 3 is 2.42 bits per heavy atom. The molecule has 0 saturated carbocycles. The molecule has 26 heavy (non-hydrogen) atoms. The largest absolute Gasteiger partial charge is 0.342 e. The highest BCUT2D eigenvalue weighted by molar-refractivity contribution is 5.98. The number of nitrogens with two attached hydrogens (primary N) is 2. The lowest BCUT2D eigenvalue weighted by atomic mass is 10.0. The number of hydrogen-bond donors (Lipinski definition) is 4. The molecule has 0 aliphatic heterocycles. The van der Waals surface area contributed by atoms with Crippen LogP contribution in [0.5, 0.6) is 0 Å². The highest BCUT2D eigenvalue weighted by Gasteiger charge is 2.17. The second-order valence-corrected chi connectivity index (χ2v) is 6.65. The molecule has 1 rings (SSSR count). The van der Waals surface area contributed by atoms with Gasteiger partial charge in [0.05, 0.1) is 6.04 Å². The maximum atomic E-state index is 12.4. The molecule has 0 bridgehead atoms. The van der Waals surface area contributed by atoms with Crippen molar-refractivity contribution in [3.8, 4) is 0 Å². The van der Waals surface area contributed by atoms with Crippen LogP contribution >= 0.6 is 0 Å². The van der Waals surface area contributed by atoms with Crippen molar-refractivity contribution in [2.45, 2.75) is 52.1 Å². The first kappa shape index (κ1) is 21.8. The van der Waals surface area contributed by atoms with Gasteiger partial charge >= 0.3 is 0 Å². The molecule has 0 aliphatic rings. The van der Waals surface area contributed by atoms with Crippen LogP contribution in [0.15, 0.2) is 18.2 Å². The van der Waals surface area contributed by atoms with E-state index in [1.165, 1.54) is 0 Å². The highest BCUT2D eigenvalue weighted by Crippen LogP contribution is 2.16. The first-order valence-electron chi connectivity index (χ1n) is 9.01. The van der Waals surface area contributed by atoms with Crippen LogP contribution in [0.4, 0.5) is 5.69 Å². The zero-order chi connectivity index (χ0) is 19.5. The van der Waals surface area contributed by atoms with E-state index in [4.69, 9.17) is 11.5 Å². The minimum absolute atomic E-state index is 0.0122. The number of hydrogen-bond acceptors (Lipinski definition) is 5. The predicted octanol–water partition coefficient (Wildman–Crippen LogP) is 1.56. The van der Waals surface area contributed by atoms with Crippen molar-refractivity contribution in [2.75, 3.05) is 11.9 Å². The summed E-state index contributed by atoms with van der Waals surface area (Å²) in [5.74, 6) is -0.498. The average Bonchev–Trinajstić information content (AvgIpc) is 2.62. The second-order valence-electron chi connectivity index (χ2n) is 6.65. The van der Waals surface area contributed by atoms with Crippen LogP contribution in [-0.4, -0.2) is 30.7 Å². The summed E-state index contributed by atoms with van der Waals surface area (Å²) < 4.78 is 0. The van der Waals surface area contributed by atoms with Gasteiger partial charge in [0.25, 0.3) is 5.91 Å². The number of nitrogens with one attached hydrogen (secondary N) is 2. The topological polar surface area (TPSA) is 127 Å². The van der Waals surface area contributed by atoms with Crippen molar-refractivity contribution < 1.29 is 14.4 Å². The molecule has 0 unspecified atom stereocenters. The lowest BCUT2D eigenvalue weighted by Crippen LogP contribution is -2.39. The molecule has 1 aromatic carbocycles. The van der Waals surface area contributed by atoms with Crippen LogP contribution in [0.2, 0.25) is 0 Å². The first-order valence-corrected chi connectivity index (χ1v) is 9.01. The zero-order valence-corrected chi connectivity index (χ0v) is 15.6. The molecule has 7 nitrogen and oxygen atoms in total. The number of carbonyl (C=O) groups excluding carboxylic acids is 3. The zero-order valence-electron chi connectivity index (χ0n) is 15.6. The van der Waals surface area contributed by atoms with Gasteiger partial charge in [-0.25, -0.2) is 0 Å². The predicted molar refractivity (Wildman–Crippen MR) is 103 cm³/mol. The summed E-state index contributed by atoms with van der Waals surface area (Å²) in [6.45, 7) is 4.57. The van der Waals surface area contributed by atoms with Gasteiger partial charge in [0.15, 0.2) is 0 Å². The third-order valence-electron chi connectivity index (χ3n) is 4.05. The van der Waals surface area contributed by atoms with Crippen LogP contribution in [0.25, 0.3) is 0 Å². The molecule has 0 aromatic heterocycles. The van der Waals surface area contributed by atoms with E-state index in [0.29, 0.717) is 24.2 Å². The van der Waals surface area contributed by atoms with Gasteiger partial charge < -0.3 is 26.9 Å². The molecule has 0 spiro atoms. The molecule has 1 aromatic rings. The fraction of sp³-hybridized carbons (Fsp3) is 0.526. The highest BCUT2D eigenvalue weighted by atomic mass is 16.2. The molecular weight excluding hydrogens is 332 g/mol. The van der Waals surface area contributed by atoms with Crippen LogP contribution in [0.3, 0.4) is 0 Å². The van der Waals surface area contributed by atoms with Crippen molar-refractivity contribution in [1.29, 1.82) is 0 Å². The van der Waals surface area contributed by atoms with Crippen LogP contribution in [0, 0.1) is 5.92 Å². The Kier molecular flexibility index (Phi) is 9.54. The maximum absolute atomic E-state index is 12.4. The maximum Gasteiger partial charge on any atom is 0.251 e. The SMILES string of the molecule is CC(C)[C@H](C=O)NC(=O)c1cc(CN)cc(NC(=O)CCCCCN)c1. The summed E-state index contributed by atoms with van der Waals surface area (Å²) >= 11 is 0. The summed E-state index contributed by atoms with van der Waals surface area (Å²) in [4.78, 5) is 35.6. The molecule has 2 amide bonds. The van der Waals surface area contributed by atoms with Gasteiger partial charge in [-0.1, -0.05) is 20.3 Å². The van der Waals surface area contributed by atoms with Crippen molar-refractivity contribution in [3.63, 3.8) is 0 Å². The van der Waals surface area contributed by atoms with E-state index in [9.17, 15) is 14.4 Å². The van der Waals surface area contributed by atoms with E-state index < -0.39 is 6.04 Å². The van der Waals surface area contributed by atoms with Crippen LogP contribution in [-0.2, 0) is 16.1 Å². The number of rotatable bonds is 11. The van der Waals surface area contributed by atoms with Crippen molar-refractivity contribution in [1.82, 2.24) is 5.32 Å². The number of amides is 2. The average molecular weight is 362 g/mol. The summed E-state index contributed by atoms with van der Waals surface area (Å²) in [7, 11) is 0. The van der Waals surface area contributed by atoms with Gasteiger partial charge in [-0.3, -0.25) is 9.59 Å². The minimum atomic E-state index is -0.565. The summed E-state index contributed by atoms with van der Waals surface area (Å²) in [6, 6.07) is 4.43. The Labute approximate surface area is 154 Å². The van der Waals surface area contributed by atoms with Gasteiger partial charge in [-0.15, -0.1) is 0 Å². The Hall–Kier alpha value is -2.25. The second kappa shape index (κ2) is 11.4. The van der Waals surface area contributed by atoms with E-state index in [-0.39, 0.29) is 24.3 Å². The van der Waals surface area contributed by atoms with Crippen molar-refractivity contribution >= 4 is 23.8 Å². The monoisotopic (exact) mass is 362 g/mol. The van der Waals surface area contributed by atoms with E-state index in [1.54, 1.807) is 18.2 Å². The Morgan fingerprint density at radius 2 is 1.85 bits per heavy atom. The summed E-state index contributed by atoms with van der Waals surface area (Å²) in [5.41, 5.74) is 12.7. The number of carbonyl (C=O) groups is 3. The van der Waals surface area contributed by atoms with Gasteiger partial charge in [0, 0.05) is 24.2 Å². The fourth-order valence-electron chi connectivity index (χ4n) is 2.44. The van der Waals surface area contributed by atoms with Gasteiger partial charge in [0.2, 0.25) is 5.91 Å². The normalized spacial score (nSPS) is 11.9. The quantitative estimate of drug-likeness (QED) is 0.351. The summed E-state index contributed by atoms with van der Waals surface area (Å²) in [6.07, 6.45) is 3.69. The Morgan fingerprint density at radius 1 is 1.12 bits per heavy atom. The molecule has 6 N–H and O–H groups in total. The number of anilines is 1. The third-order valence-corrected chi connectivity index (χ3v) is 4.05. The Bertz CT molecular complexity index is 617. The standard InChI is InChI=1S/C19H30N4O3/c1-13(2)17(12-24)23-19(26)15-8-14(11-21)9-16(10-15)22-18(25)6-4-3-5-7-20/h8-10,12-13,17H,3-7,11,20-21H2,1-2H3,(H,22,25)(H,23,26)/t17-/m0/s1. The third kappa shape index (κ3) is 7.33. The van der Waals surface area contributed by atoms with E-state index in [2.05, 4.69) is 10.6 Å². The molecule has 0 heterocycles. The van der Waals surface area contributed by atoms with E-state index >= 15 is 0 Å². The van der Waals surface area contributed by atoms with Gasteiger partial charge in [-0.05, 0) is 49.1 Å². The lowest BCUT2D eigenvalue weighted by Gasteiger charge is -2.17. The van der Waals surface area contributed by atoms with E-state index in [1.807, 2.05) is 13.8 Å². The molecule has 0 fully saturated rings. The Balaban J connectivity index is 2.82. The van der Waals surface area contributed by atoms with Gasteiger partial charge in [-0.2, -0.15) is 0 Å². The molecule has 0 saturated heterocycles. The molecule has 144 valence electrons. The van der Waals surface area contributed by atoms with Crippen LogP contribution in [0.1, 0.15) is 55.5 Å². The van der Waals surface area contributed by atoms with E-state index in [0.717, 1.165) is 31.1 Å². The fourth-order valence-corrected chi connectivity index (χ4v) is 2.44. The molecule has 7 heteroatoms. The van der Waals surface area contributed by atoms with Crippen molar-refractivity contribution in [3.05, 3.63) is 29.3 Å². The first-order chi connectivity index (χ1) is 12.4. The lowest BCUT2D eigenvalue weighted by molar-refractivity contribution is -0.116. The number of aldehydes is 1. The molecule has 0 radical (unpaired) electrons. The smallest absolute Gasteiger partial charge is 0.251 e. The minimum Gasteiger partial charge on any atom is -0.342 e. The summed E-state index contributed by atoms with van der Waals surface area (Å²) in [5, 5.41) is 5.49. The van der Waals surface area contributed by atoms with Crippen molar-refractivity contribution in [2.24, 2.45) is 17.4 Å². The number of unbranched alkanes of at least 4 members (excludes halogenated alkanes) is 2.